The van der Waals surface area contributed by atoms with Gasteiger partial charge in [-0.25, -0.2) is 4.39 Å². The predicted molar refractivity (Wildman–Crippen MR) is 68.5 cm³/mol. The fourth-order valence-corrected chi connectivity index (χ4v) is 1.52. The Morgan fingerprint density at radius 2 is 2.00 bits per heavy atom. The third-order valence-electron chi connectivity index (χ3n) is 2.46. The van der Waals surface area contributed by atoms with Crippen molar-refractivity contribution in [3.05, 3.63) is 39.4 Å². The zero-order chi connectivity index (χ0) is 15.3. The maximum atomic E-state index is 13.7. The number of amides is 1. The Bertz CT molecular complexity index is 521. The summed E-state index contributed by atoms with van der Waals surface area (Å²) < 4.78 is 27.2. The first-order valence-electron chi connectivity index (χ1n) is 5.98. The first kappa shape index (κ1) is 16.0. The maximum absolute atomic E-state index is 13.7. The summed E-state index contributed by atoms with van der Waals surface area (Å²) in [6, 6.07) is 1.59. The minimum atomic E-state index is -1.47. The van der Waals surface area contributed by atoms with Gasteiger partial charge < -0.3 is 10.6 Å². The van der Waals surface area contributed by atoms with Crippen LogP contribution in [0.3, 0.4) is 0 Å². The van der Waals surface area contributed by atoms with Crippen molar-refractivity contribution in [3.8, 4) is 0 Å². The zero-order valence-electron chi connectivity index (χ0n) is 11.1. The van der Waals surface area contributed by atoms with Gasteiger partial charge in [0.05, 0.1) is 4.92 Å². The number of nitrogens with zero attached hydrogens (tertiary/aromatic N) is 1. The lowest BCUT2D eigenvalue weighted by Crippen LogP contribution is -2.35. The van der Waals surface area contributed by atoms with Crippen molar-refractivity contribution in [2.24, 2.45) is 0 Å². The largest absolute Gasteiger partial charge is 0.351 e. The number of nitrogens with one attached hydrogen (secondary N) is 2. The van der Waals surface area contributed by atoms with E-state index >= 15 is 0 Å². The summed E-state index contributed by atoms with van der Waals surface area (Å²) in [7, 11) is 0. The number of carbonyl (C=O) groups is 1. The van der Waals surface area contributed by atoms with Crippen molar-refractivity contribution in [2.45, 2.75) is 19.9 Å². The number of carbonyl (C=O) groups excluding carboxylic acids is 1. The van der Waals surface area contributed by atoms with Crippen molar-refractivity contribution in [1.82, 2.24) is 10.6 Å². The van der Waals surface area contributed by atoms with E-state index in [1.807, 2.05) is 13.8 Å². The number of hydrogen-bond donors (Lipinski definition) is 2. The highest BCUT2D eigenvalue weighted by Crippen LogP contribution is 2.22. The van der Waals surface area contributed by atoms with Crippen molar-refractivity contribution >= 4 is 11.6 Å². The fourth-order valence-electron chi connectivity index (χ4n) is 1.52. The highest BCUT2D eigenvalue weighted by molar-refractivity contribution is 5.95. The molecule has 0 saturated carbocycles. The van der Waals surface area contributed by atoms with Crippen LogP contribution in [-0.2, 0) is 0 Å². The first-order chi connectivity index (χ1) is 9.34. The average molecular weight is 287 g/mol. The Kier molecular flexibility index (Phi) is 5.51. The molecule has 0 radical (unpaired) electrons. The second-order valence-corrected chi connectivity index (χ2v) is 4.38. The Labute approximate surface area is 114 Å². The van der Waals surface area contributed by atoms with Gasteiger partial charge >= 0.3 is 5.69 Å². The van der Waals surface area contributed by atoms with Crippen LogP contribution in [-0.4, -0.2) is 30.0 Å². The molecule has 0 unspecified atom stereocenters. The molecule has 8 heteroatoms. The normalized spacial score (nSPS) is 10.7. The van der Waals surface area contributed by atoms with E-state index in [0.29, 0.717) is 18.7 Å². The average Bonchev–Trinajstić information content (AvgIpc) is 2.34. The minimum absolute atomic E-state index is 0.151. The SMILES string of the molecule is CC(C)NCCNC(=O)c1c(F)ccc([N+](=O)[O-])c1F. The van der Waals surface area contributed by atoms with Gasteiger partial charge in [0, 0.05) is 25.2 Å². The third-order valence-corrected chi connectivity index (χ3v) is 2.46. The fraction of sp³-hybridized carbons (Fsp3) is 0.417. The molecule has 0 atom stereocenters. The maximum Gasteiger partial charge on any atom is 0.305 e. The molecule has 20 heavy (non-hydrogen) atoms. The molecule has 0 saturated heterocycles. The Morgan fingerprint density at radius 3 is 2.55 bits per heavy atom. The van der Waals surface area contributed by atoms with E-state index in [0.717, 1.165) is 0 Å². The highest BCUT2D eigenvalue weighted by atomic mass is 19.1. The zero-order valence-corrected chi connectivity index (χ0v) is 11.1. The standard InChI is InChI=1S/C12H15F2N3O3/c1-7(2)15-5-6-16-12(18)10-8(13)3-4-9(11(10)14)17(19)20/h3-4,7,15H,5-6H2,1-2H3,(H,16,18). The smallest absolute Gasteiger partial charge is 0.305 e. The molecular formula is C12H15F2N3O3. The van der Waals surface area contributed by atoms with Gasteiger partial charge in [0.15, 0.2) is 0 Å². The second kappa shape index (κ2) is 6.90. The number of nitro groups is 1. The van der Waals surface area contributed by atoms with Gasteiger partial charge in [0.2, 0.25) is 5.82 Å². The van der Waals surface area contributed by atoms with Crippen LogP contribution in [0.2, 0.25) is 0 Å². The van der Waals surface area contributed by atoms with Crippen LogP contribution in [0.4, 0.5) is 14.5 Å². The molecule has 1 amide bonds. The number of rotatable bonds is 6. The lowest BCUT2D eigenvalue weighted by atomic mass is 10.1. The summed E-state index contributed by atoms with van der Waals surface area (Å²) in [6.45, 7) is 4.38. The van der Waals surface area contributed by atoms with Crippen molar-refractivity contribution in [3.63, 3.8) is 0 Å². The Hall–Kier alpha value is -2.09. The molecule has 1 aromatic carbocycles. The summed E-state index contributed by atoms with van der Waals surface area (Å²) in [5.41, 5.74) is -1.87. The van der Waals surface area contributed by atoms with E-state index in [1.165, 1.54) is 0 Å². The van der Waals surface area contributed by atoms with Crippen LogP contribution >= 0.6 is 0 Å². The van der Waals surface area contributed by atoms with Crippen molar-refractivity contribution < 1.29 is 18.5 Å². The quantitative estimate of drug-likeness (QED) is 0.473. The summed E-state index contributed by atoms with van der Waals surface area (Å²) >= 11 is 0. The minimum Gasteiger partial charge on any atom is -0.351 e. The van der Waals surface area contributed by atoms with Crippen LogP contribution < -0.4 is 10.6 Å². The monoisotopic (exact) mass is 287 g/mol. The third kappa shape index (κ3) is 3.95. The summed E-state index contributed by atoms with van der Waals surface area (Å²) in [6.07, 6.45) is 0. The summed E-state index contributed by atoms with van der Waals surface area (Å²) in [5, 5.41) is 15.8. The molecule has 0 aliphatic rings. The van der Waals surface area contributed by atoms with Gasteiger partial charge in [-0.2, -0.15) is 4.39 Å². The molecule has 0 bridgehead atoms. The number of hydrogen-bond acceptors (Lipinski definition) is 4. The molecule has 0 heterocycles. The van der Waals surface area contributed by atoms with Crippen LogP contribution in [0, 0.1) is 21.7 Å². The van der Waals surface area contributed by atoms with E-state index in [2.05, 4.69) is 10.6 Å². The molecule has 0 spiro atoms. The highest BCUT2D eigenvalue weighted by Gasteiger charge is 2.25. The topological polar surface area (TPSA) is 84.3 Å². The van der Waals surface area contributed by atoms with Crippen molar-refractivity contribution in [2.75, 3.05) is 13.1 Å². The molecule has 6 nitrogen and oxygen atoms in total. The molecule has 2 N–H and O–H groups in total. The van der Waals surface area contributed by atoms with Gasteiger partial charge in [0.25, 0.3) is 5.91 Å². The van der Waals surface area contributed by atoms with E-state index in [-0.39, 0.29) is 12.6 Å². The molecule has 0 fully saturated rings. The van der Waals surface area contributed by atoms with Crippen LogP contribution in [0.25, 0.3) is 0 Å². The van der Waals surface area contributed by atoms with Gasteiger partial charge in [-0.15, -0.1) is 0 Å². The van der Waals surface area contributed by atoms with E-state index in [4.69, 9.17) is 0 Å². The Morgan fingerprint density at radius 1 is 1.35 bits per heavy atom. The van der Waals surface area contributed by atoms with Crippen LogP contribution in [0.1, 0.15) is 24.2 Å². The van der Waals surface area contributed by atoms with Crippen LogP contribution in [0.5, 0.6) is 0 Å². The molecule has 1 rings (SSSR count). The van der Waals surface area contributed by atoms with Gasteiger partial charge in [0.1, 0.15) is 11.4 Å². The van der Waals surface area contributed by atoms with E-state index in [1.54, 1.807) is 0 Å². The second-order valence-electron chi connectivity index (χ2n) is 4.38. The number of nitro benzene ring substituents is 1. The molecule has 1 aromatic rings. The number of halogens is 2. The van der Waals surface area contributed by atoms with Crippen LogP contribution in [0.15, 0.2) is 12.1 Å². The van der Waals surface area contributed by atoms with E-state index < -0.39 is 33.7 Å². The molecule has 0 aromatic heterocycles. The number of benzene rings is 1. The predicted octanol–water partition coefficient (Wildman–Crippen LogP) is 1.60. The summed E-state index contributed by atoms with van der Waals surface area (Å²) in [4.78, 5) is 21.2. The lowest BCUT2D eigenvalue weighted by molar-refractivity contribution is -0.387. The van der Waals surface area contributed by atoms with Crippen molar-refractivity contribution in [1.29, 1.82) is 0 Å². The van der Waals surface area contributed by atoms with Gasteiger partial charge in [-0.05, 0) is 6.07 Å². The summed E-state index contributed by atoms with van der Waals surface area (Å²) in [5.74, 6) is -3.62. The first-order valence-corrected chi connectivity index (χ1v) is 5.98. The molecule has 0 aliphatic heterocycles. The van der Waals surface area contributed by atoms with Gasteiger partial charge in [-0.3, -0.25) is 14.9 Å². The van der Waals surface area contributed by atoms with Gasteiger partial charge in [-0.1, -0.05) is 13.8 Å². The Balaban J connectivity index is 2.82. The lowest BCUT2D eigenvalue weighted by Gasteiger charge is -2.10. The molecule has 110 valence electrons. The molecule has 0 aliphatic carbocycles. The van der Waals surface area contributed by atoms with E-state index in [9.17, 15) is 23.7 Å². The molecular weight excluding hydrogens is 272 g/mol.